The molecule has 0 spiro atoms. The van der Waals surface area contributed by atoms with E-state index in [-0.39, 0.29) is 17.3 Å². The Labute approximate surface area is 194 Å². The van der Waals surface area contributed by atoms with E-state index in [2.05, 4.69) is 32.1 Å². The molecule has 0 saturated heterocycles. The predicted octanol–water partition coefficient (Wildman–Crippen LogP) is 5.83. The van der Waals surface area contributed by atoms with Crippen molar-refractivity contribution in [2.75, 3.05) is 0 Å². The molecule has 0 N–H and O–H groups in total. The smallest absolute Gasteiger partial charge is 0.274 e. The average Bonchev–Trinajstić information content (AvgIpc) is 3.61. The van der Waals surface area contributed by atoms with Gasteiger partial charge in [-0.2, -0.15) is 10.1 Å². The lowest BCUT2D eigenvalue weighted by molar-refractivity contribution is -0.0313. The minimum atomic E-state index is -0.992. The van der Waals surface area contributed by atoms with E-state index < -0.39 is 17.2 Å². The van der Waals surface area contributed by atoms with Crippen LogP contribution in [0.5, 0.6) is 0 Å². The molecule has 6 rings (SSSR count). The van der Waals surface area contributed by atoms with Crippen LogP contribution in [-0.2, 0) is 10.4 Å². The molecule has 1 saturated carbocycles. The Bertz CT molecular complexity index is 1440. The van der Waals surface area contributed by atoms with Crippen molar-refractivity contribution in [2.24, 2.45) is 5.16 Å². The highest BCUT2D eigenvalue weighted by Gasteiger charge is 2.42. The van der Waals surface area contributed by atoms with Gasteiger partial charge in [-0.3, -0.25) is 4.68 Å². The standard InChI is InChI=1S/C25H23F2N5O2/c1-14-18-9-7-15(11-22(18)32(29-14)17-5-3-4-6-17)21-13-25(2,34-30-21)24-28-23(31-33-24)19-10-8-16(26)12-20(19)27/h7-12,17H,3-6,13H2,1-2H3. The molecule has 2 aromatic carbocycles. The second-order valence-corrected chi connectivity index (χ2v) is 9.28. The SMILES string of the molecule is Cc1nn(C2CCCC2)c2cc(C3=NOC(C)(c4nc(-c5ccc(F)cc5F)no4)C3)ccc12. The lowest BCUT2D eigenvalue weighted by atomic mass is 9.95. The molecule has 0 radical (unpaired) electrons. The first-order valence-electron chi connectivity index (χ1n) is 11.5. The largest absolute Gasteiger partial charge is 0.379 e. The maximum Gasteiger partial charge on any atom is 0.274 e. The molecule has 9 heteroatoms. The number of hydrogen-bond donors (Lipinski definition) is 0. The van der Waals surface area contributed by atoms with Gasteiger partial charge in [-0.15, -0.1) is 0 Å². The van der Waals surface area contributed by atoms with Crippen LogP contribution in [0.3, 0.4) is 0 Å². The fourth-order valence-corrected chi connectivity index (χ4v) is 4.93. The Kier molecular flexibility index (Phi) is 4.75. The molecule has 1 aliphatic heterocycles. The van der Waals surface area contributed by atoms with Crippen molar-refractivity contribution in [3.63, 3.8) is 0 Å². The van der Waals surface area contributed by atoms with E-state index in [0.29, 0.717) is 12.5 Å². The molecule has 1 unspecified atom stereocenters. The first kappa shape index (κ1) is 20.9. The molecule has 2 aromatic heterocycles. The van der Waals surface area contributed by atoms with Gasteiger partial charge in [0.05, 0.1) is 28.5 Å². The highest BCUT2D eigenvalue weighted by atomic mass is 19.1. The van der Waals surface area contributed by atoms with Crippen molar-refractivity contribution in [3.05, 3.63) is 65.2 Å². The molecule has 34 heavy (non-hydrogen) atoms. The van der Waals surface area contributed by atoms with Gasteiger partial charge in [0, 0.05) is 23.4 Å². The topological polar surface area (TPSA) is 78.3 Å². The number of aryl methyl sites for hydroxylation is 1. The number of oxime groups is 1. The van der Waals surface area contributed by atoms with Crippen LogP contribution in [0.25, 0.3) is 22.3 Å². The van der Waals surface area contributed by atoms with Crippen molar-refractivity contribution in [3.8, 4) is 11.4 Å². The fraction of sp³-hybridized carbons (Fsp3) is 0.360. The van der Waals surface area contributed by atoms with Gasteiger partial charge in [0.2, 0.25) is 11.4 Å². The Morgan fingerprint density at radius 3 is 2.71 bits per heavy atom. The number of hydrogen-bond acceptors (Lipinski definition) is 6. The third kappa shape index (κ3) is 3.38. The summed E-state index contributed by atoms with van der Waals surface area (Å²) >= 11 is 0. The number of aromatic nitrogens is 4. The molecule has 2 aliphatic rings. The van der Waals surface area contributed by atoms with Gasteiger partial charge in [-0.25, -0.2) is 8.78 Å². The first-order valence-corrected chi connectivity index (χ1v) is 11.5. The van der Waals surface area contributed by atoms with Crippen LogP contribution in [0, 0.1) is 18.6 Å². The number of halogens is 2. The summed E-state index contributed by atoms with van der Waals surface area (Å²) in [6.45, 7) is 3.84. The molecule has 7 nitrogen and oxygen atoms in total. The summed E-state index contributed by atoms with van der Waals surface area (Å²) in [6.07, 6.45) is 5.17. The zero-order valence-corrected chi connectivity index (χ0v) is 18.9. The summed E-state index contributed by atoms with van der Waals surface area (Å²) in [4.78, 5) is 10.1. The Morgan fingerprint density at radius 1 is 1.09 bits per heavy atom. The van der Waals surface area contributed by atoms with Crippen molar-refractivity contribution >= 4 is 16.6 Å². The van der Waals surface area contributed by atoms with Gasteiger partial charge in [0.1, 0.15) is 11.6 Å². The van der Waals surface area contributed by atoms with Gasteiger partial charge >= 0.3 is 0 Å². The number of benzene rings is 2. The normalized spacial score (nSPS) is 20.8. The predicted molar refractivity (Wildman–Crippen MR) is 121 cm³/mol. The molecule has 1 fully saturated rings. The lowest BCUT2D eigenvalue weighted by Crippen LogP contribution is -2.22. The lowest BCUT2D eigenvalue weighted by Gasteiger charge is -2.15. The maximum absolute atomic E-state index is 14.2. The van der Waals surface area contributed by atoms with Gasteiger partial charge in [0.15, 0.2) is 0 Å². The Hall–Kier alpha value is -3.62. The van der Waals surface area contributed by atoms with E-state index in [0.717, 1.165) is 52.8 Å². The van der Waals surface area contributed by atoms with Crippen LogP contribution in [0.1, 0.15) is 62.2 Å². The molecule has 1 aliphatic carbocycles. The first-order chi connectivity index (χ1) is 16.4. The summed E-state index contributed by atoms with van der Waals surface area (Å²) in [7, 11) is 0. The van der Waals surface area contributed by atoms with E-state index in [1.165, 1.54) is 18.9 Å². The van der Waals surface area contributed by atoms with Gasteiger partial charge in [-0.05, 0) is 44.9 Å². The average molecular weight is 463 g/mol. The van der Waals surface area contributed by atoms with E-state index >= 15 is 0 Å². The third-order valence-corrected chi connectivity index (χ3v) is 6.81. The third-order valence-electron chi connectivity index (χ3n) is 6.81. The van der Waals surface area contributed by atoms with Crippen molar-refractivity contribution in [1.29, 1.82) is 0 Å². The monoisotopic (exact) mass is 463 g/mol. The molecule has 174 valence electrons. The van der Waals surface area contributed by atoms with Gasteiger partial charge < -0.3 is 9.36 Å². The van der Waals surface area contributed by atoms with Crippen LogP contribution < -0.4 is 0 Å². The number of fused-ring (bicyclic) bond motifs is 1. The molecule has 3 heterocycles. The van der Waals surface area contributed by atoms with Crippen molar-refractivity contribution in [2.45, 2.75) is 57.6 Å². The quantitative estimate of drug-likeness (QED) is 0.381. The summed E-state index contributed by atoms with van der Waals surface area (Å²) in [5, 5.41) is 14.2. The minimum absolute atomic E-state index is 0.0307. The highest BCUT2D eigenvalue weighted by molar-refractivity contribution is 6.04. The van der Waals surface area contributed by atoms with E-state index in [1.54, 1.807) is 6.92 Å². The summed E-state index contributed by atoms with van der Waals surface area (Å²) in [5.74, 6) is -1.22. The zero-order chi connectivity index (χ0) is 23.4. The van der Waals surface area contributed by atoms with Crippen LogP contribution in [0.15, 0.2) is 46.1 Å². The fourth-order valence-electron chi connectivity index (χ4n) is 4.93. The van der Waals surface area contributed by atoms with Crippen molar-refractivity contribution < 1.29 is 18.1 Å². The molecule has 4 aromatic rings. The number of rotatable bonds is 4. The molecular weight excluding hydrogens is 440 g/mol. The van der Waals surface area contributed by atoms with E-state index in [4.69, 9.17) is 14.5 Å². The Morgan fingerprint density at radius 2 is 1.91 bits per heavy atom. The maximum atomic E-state index is 14.2. The second kappa shape index (κ2) is 7.72. The Balaban J connectivity index is 1.28. The van der Waals surface area contributed by atoms with Crippen molar-refractivity contribution in [1.82, 2.24) is 19.9 Å². The summed E-state index contributed by atoms with van der Waals surface area (Å²) < 4.78 is 35.0. The van der Waals surface area contributed by atoms with Crippen LogP contribution >= 0.6 is 0 Å². The minimum Gasteiger partial charge on any atom is -0.379 e. The molecule has 0 bridgehead atoms. The van der Waals surface area contributed by atoms with Gasteiger partial charge in [0.25, 0.3) is 5.89 Å². The number of nitrogens with zero attached hydrogens (tertiary/aromatic N) is 5. The van der Waals surface area contributed by atoms with Gasteiger partial charge in [-0.1, -0.05) is 35.3 Å². The zero-order valence-electron chi connectivity index (χ0n) is 18.9. The van der Waals surface area contributed by atoms with Crippen LogP contribution in [0.4, 0.5) is 8.78 Å². The summed E-state index contributed by atoms with van der Waals surface area (Å²) in [5.41, 5.74) is 2.89. The van der Waals surface area contributed by atoms with E-state index in [1.807, 2.05) is 13.0 Å². The molecule has 1 atom stereocenters. The highest BCUT2D eigenvalue weighted by Crippen LogP contribution is 2.38. The van der Waals surface area contributed by atoms with Crippen LogP contribution in [-0.4, -0.2) is 25.6 Å². The van der Waals surface area contributed by atoms with Crippen LogP contribution in [0.2, 0.25) is 0 Å². The summed E-state index contributed by atoms with van der Waals surface area (Å²) in [6, 6.07) is 9.88. The molecular formula is C25H23F2N5O2. The van der Waals surface area contributed by atoms with E-state index in [9.17, 15) is 8.78 Å². The molecule has 0 amide bonds. The second-order valence-electron chi connectivity index (χ2n) is 9.28.